The Hall–Kier alpha value is -0.900. The zero-order chi connectivity index (χ0) is 13.2. The molecule has 2 aromatic carbocycles. The number of likely N-dealkylation sites (N-methyl/N-ethyl adjacent to an activating group) is 1. The Labute approximate surface area is 122 Å². The van der Waals surface area contributed by atoms with Crippen molar-refractivity contribution in [3.63, 3.8) is 0 Å². The summed E-state index contributed by atoms with van der Waals surface area (Å²) in [5.74, 6) is 0. The summed E-state index contributed by atoms with van der Waals surface area (Å²) >= 11 is 3.71. The number of halogens is 1. The van der Waals surface area contributed by atoms with Crippen molar-refractivity contribution in [1.29, 1.82) is 0 Å². The van der Waals surface area contributed by atoms with Crippen LogP contribution in [0.5, 0.6) is 0 Å². The smallest absolute Gasteiger partial charge is 0.0661 e. The number of benzene rings is 2. The quantitative estimate of drug-likeness (QED) is 0.908. The lowest BCUT2D eigenvalue weighted by Crippen LogP contribution is -2.24. The molecule has 19 heavy (non-hydrogen) atoms. The van der Waals surface area contributed by atoms with Gasteiger partial charge in [0.05, 0.1) is 19.3 Å². The van der Waals surface area contributed by atoms with Gasteiger partial charge in [-0.1, -0.05) is 47.1 Å². The highest BCUT2D eigenvalue weighted by atomic mass is 79.9. The predicted molar refractivity (Wildman–Crippen MR) is 82.6 cm³/mol. The molecule has 1 unspecified atom stereocenters. The molecule has 2 aromatic rings. The molecule has 1 heterocycles. The van der Waals surface area contributed by atoms with E-state index in [1.54, 1.807) is 0 Å². The Morgan fingerprint density at radius 3 is 2.89 bits per heavy atom. The topological polar surface area (TPSA) is 21.3 Å². The standard InChI is InChI=1S/C16H18BrNO/c1-2-18-16-10-19-8-7-12-11-5-3-4-6-13(11)15(17)9-14(12)16/h3-6,9,16,18H,2,7-8,10H2,1H3. The van der Waals surface area contributed by atoms with Crippen LogP contribution in [0.3, 0.4) is 0 Å². The third-order valence-corrected chi connectivity index (χ3v) is 4.40. The molecular formula is C16H18BrNO. The second-order valence-corrected chi connectivity index (χ2v) is 5.76. The van der Waals surface area contributed by atoms with Gasteiger partial charge in [0.15, 0.2) is 0 Å². The molecule has 0 aromatic heterocycles. The van der Waals surface area contributed by atoms with Crippen molar-refractivity contribution in [3.8, 4) is 0 Å². The first-order valence-electron chi connectivity index (χ1n) is 6.82. The Bertz CT molecular complexity index is 597. The minimum atomic E-state index is 0.295. The summed E-state index contributed by atoms with van der Waals surface area (Å²) in [6.45, 7) is 4.66. The first kappa shape index (κ1) is 13.1. The van der Waals surface area contributed by atoms with Gasteiger partial charge < -0.3 is 10.1 Å². The Morgan fingerprint density at radius 1 is 1.32 bits per heavy atom. The molecule has 0 bridgehead atoms. The second-order valence-electron chi connectivity index (χ2n) is 4.91. The molecule has 3 heteroatoms. The van der Waals surface area contributed by atoms with Crippen LogP contribution in [-0.4, -0.2) is 19.8 Å². The maximum absolute atomic E-state index is 5.75. The lowest BCUT2D eigenvalue weighted by atomic mass is 9.93. The largest absolute Gasteiger partial charge is 0.379 e. The van der Waals surface area contributed by atoms with Gasteiger partial charge in [0, 0.05) is 4.47 Å². The van der Waals surface area contributed by atoms with Crippen molar-refractivity contribution in [1.82, 2.24) is 5.32 Å². The van der Waals surface area contributed by atoms with E-state index in [0.29, 0.717) is 6.04 Å². The summed E-state index contributed by atoms with van der Waals surface area (Å²) in [6.07, 6.45) is 0.991. The molecule has 0 saturated heterocycles. The Kier molecular flexibility index (Phi) is 3.87. The number of ether oxygens (including phenoxy) is 1. The summed E-state index contributed by atoms with van der Waals surface area (Å²) in [4.78, 5) is 0. The first-order valence-corrected chi connectivity index (χ1v) is 7.61. The van der Waals surface area contributed by atoms with Crippen LogP contribution in [0.2, 0.25) is 0 Å². The van der Waals surface area contributed by atoms with E-state index in [9.17, 15) is 0 Å². The molecule has 0 spiro atoms. The maximum atomic E-state index is 5.75. The molecule has 0 fully saturated rings. The minimum Gasteiger partial charge on any atom is -0.379 e. The highest BCUT2D eigenvalue weighted by molar-refractivity contribution is 9.10. The molecule has 1 atom stereocenters. The predicted octanol–water partition coefficient (Wildman–Crippen LogP) is 3.83. The van der Waals surface area contributed by atoms with Crippen molar-refractivity contribution in [2.75, 3.05) is 19.8 Å². The van der Waals surface area contributed by atoms with Crippen LogP contribution in [0.4, 0.5) is 0 Å². The molecule has 3 rings (SSSR count). The summed E-state index contributed by atoms with van der Waals surface area (Å²) in [6, 6.07) is 11.2. The van der Waals surface area contributed by atoms with E-state index in [-0.39, 0.29) is 0 Å². The summed E-state index contributed by atoms with van der Waals surface area (Å²) < 4.78 is 6.93. The summed E-state index contributed by atoms with van der Waals surface area (Å²) in [7, 11) is 0. The normalized spacial score (nSPS) is 19.2. The molecule has 2 nitrogen and oxygen atoms in total. The van der Waals surface area contributed by atoms with Crippen LogP contribution in [0.1, 0.15) is 24.1 Å². The number of hydrogen-bond donors (Lipinski definition) is 1. The molecule has 1 aliphatic heterocycles. The van der Waals surface area contributed by atoms with Gasteiger partial charge in [0.1, 0.15) is 0 Å². The van der Waals surface area contributed by atoms with E-state index in [2.05, 4.69) is 58.5 Å². The first-order chi connectivity index (χ1) is 9.31. The maximum Gasteiger partial charge on any atom is 0.0661 e. The summed E-state index contributed by atoms with van der Waals surface area (Å²) in [5, 5.41) is 6.16. The monoisotopic (exact) mass is 319 g/mol. The van der Waals surface area contributed by atoms with Crippen molar-refractivity contribution in [3.05, 3.63) is 45.9 Å². The van der Waals surface area contributed by atoms with E-state index in [4.69, 9.17) is 4.74 Å². The van der Waals surface area contributed by atoms with Crippen LogP contribution in [-0.2, 0) is 11.2 Å². The molecule has 0 amide bonds. The van der Waals surface area contributed by atoms with E-state index in [1.165, 1.54) is 26.4 Å². The molecule has 0 saturated carbocycles. The minimum absolute atomic E-state index is 0.295. The van der Waals surface area contributed by atoms with Gasteiger partial charge in [-0.3, -0.25) is 0 Å². The molecular weight excluding hydrogens is 302 g/mol. The Morgan fingerprint density at radius 2 is 2.11 bits per heavy atom. The van der Waals surface area contributed by atoms with Gasteiger partial charge in [0.2, 0.25) is 0 Å². The number of hydrogen-bond acceptors (Lipinski definition) is 2. The van der Waals surface area contributed by atoms with Crippen LogP contribution in [0.25, 0.3) is 10.8 Å². The third-order valence-electron chi connectivity index (χ3n) is 3.75. The second kappa shape index (κ2) is 5.61. The molecule has 0 radical (unpaired) electrons. The fraction of sp³-hybridized carbons (Fsp3) is 0.375. The van der Waals surface area contributed by atoms with Gasteiger partial charge in [0.25, 0.3) is 0 Å². The number of nitrogens with one attached hydrogen (secondary N) is 1. The summed E-state index contributed by atoms with van der Waals surface area (Å²) in [5.41, 5.74) is 2.81. The van der Waals surface area contributed by atoms with E-state index >= 15 is 0 Å². The van der Waals surface area contributed by atoms with Crippen molar-refractivity contribution in [2.45, 2.75) is 19.4 Å². The molecule has 1 N–H and O–H groups in total. The zero-order valence-electron chi connectivity index (χ0n) is 11.1. The van der Waals surface area contributed by atoms with Gasteiger partial charge >= 0.3 is 0 Å². The average Bonchev–Trinajstić information content (AvgIpc) is 2.63. The van der Waals surface area contributed by atoms with Crippen LogP contribution in [0, 0.1) is 0 Å². The third kappa shape index (κ3) is 2.42. The number of rotatable bonds is 2. The van der Waals surface area contributed by atoms with Gasteiger partial charge in [-0.2, -0.15) is 0 Å². The highest BCUT2D eigenvalue weighted by Crippen LogP contribution is 2.34. The lowest BCUT2D eigenvalue weighted by molar-refractivity contribution is 0.122. The fourth-order valence-electron chi connectivity index (χ4n) is 2.88. The van der Waals surface area contributed by atoms with Gasteiger partial charge in [-0.05, 0) is 40.9 Å². The average molecular weight is 320 g/mol. The highest BCUT2D eigenvalue weighted by Gasteiger charge is 2.21. The SMILES string of the molecule is CCNC1COCCc2c1cc(Br)c1ccccc21. The van der Waals surface area contributed by atoms with Crippen molar-refractivity contribution < 1.29 is 4.74 Å². The van der Waals surface area contributed by atoms with Crippen LogP contribution < -0.4 is 5.32 Å². The zero-order valence-corrected chi connectivity index (χ0v) is 12.7. The van der Waals surface area contributed by atoms with Crippen molar-refractivity contribution in [2.24, 2.45) is 0 Å². The van der Waals surface area contributed by atoms with E-state index in [1.807, 2.05) is 0 Å². The van der Waals surface area contributed by atoms with Gasteiger partial charge in [-0.15, -0.1) is 0 Å². The van der Waals surface area contributed by atoms with E-state index < -0.39 is 0 Å². The molecule has 1 aliphatic rings. The van der Waals surface area contributed by atoms with Crippen molar-refractivity contribution >= 4 is 26.7 Å². The number of fused-ring (bicyclic) bond motifs is 3. The fourth-order valence-corrected chi connectivity index (χ4v) is 3.47. The van der Waals surface area contributed by atoms with Gasteiger partial charge in [-0.25, -0.2) is 0 Å². The Balaban J connectivity index is 2.22. The van der Waals surface area contributed by atoms with Crippen LogP contribution in [0.15, 0.2) is 34.8 Å². The lowest BCUT2D eigenvalue weighted by Gasteiger charge is -2.20. The molecule has 0 aliphatic carbocycles. The van der Waals surface area contributed by atoms with E-state index in [0.717, 1.165) is 26.2 Å². The molecule has 100 valence electrons. The van der Waals surface area contributed by atoms with Crippen LogP contribution >= 0.6 is 15.9 Å².